The molecule has 0 aliphatic rings. The summed E-state index contributed by atoms with van der Waals surface area (Å²) in [5.74, 6) is -0.486. The summed E-state index contributed by atoms with van der Waals surface area (Å²) in [6, 6.07) is 7.29. The largest absolute Gasteiger partial charge is 0.468 e. The van der Waals surface area contributed by atoms with E-state index in [1.165, 1.54) is 19.4 Å². The van der Waals surface area contributed by atoms with Crippen molar-refractivity contribution in [3.8, 4) is 0 Å². The zero-order valence-electron chi connectivity index (χ0n) is 9.90. The minimum Gasteiger partial charge on any atom is -0.468 e. The summed E-state index contributed by atoms with van der Waals surface area (Å²) in [5.41, 5.74) is 1.72. The Morgan fingerprint density at radius 3 is 2.53 bits per heavy atom. The third kappa shape index (κ3) is 4.51. The molecule has 0 spiro atoms. The number of esters is 1. The van der Waals surface area contributed by atoms with Gasteiger partial charge in [0.05, 0.1) is 7.11 Å². The summed E-state index contributed by atoms with van der Waals surface area (Å²) in [7, 11) is 1.31. The number of carbonyl (C=O) groups excluding carboxylic acids is 2. The van der Waals surface area contributed by atoms with Gasteiger partial charge in [0.15, 0.2) is 5.78 Å². The lowest BCUT2D eigenvalue weighted by atomic mass is 10.1. The van der Waals surface area contributed by atoms with Gasteiger partial charge in [-0.2, -0.15) is 0 Å². The molecule has 4 heteroatoms. The van der Waals surface area contributed by atoms with Crippen molar-refractivity contribution in [1.82, 2.24) is 5.32 Å². The van der Waals surface area contributed by atoms with E-state index in [-0.39, 0.29) is 18.3 Å². The average molecular weight is 233 g/mol. The number of benzene rings is 1. The summed E-state index contributed by atoms with van der Waals surface area (Å²) in [5, 5.41) is 2.67. The quantitative estimate of drug-likeness (QED) is 0.475. The van der Waals surface area contributed by atoms with Gasteiger partial charge in [-0.3, -0.25) is 9.59 Å². The molecule has 0 atom stereocenters. The van der Waals surface area contributed by atoms with Gasteiger partial charge in [-0.05, 0) is 6.92 Å². The van der Waals surface area contributed by atoms with Crippen LogP contribution in [0.5, 0.6) is 0 Å². The summed E-state index contributed by atoms with van der Waals surface area (Å²) in [6.07, 6.45) is 2.83. The molecule has 4 nitrogen and oxygen atoms in total. The molecule has 1 rings (SSSR count). The van der Waals surface area contributed by atoms with E-state index in [4.69, 9.17) is 0 Å². The van der Waals surface area contributed by atoms with Gasteiger partial charge < -0.3 is 10.1 Å². The predicted octanol–water partition coefficient (Wildman–Crippen LogP) is 1.45. The monoisotopic (exact) mass is 233 g/mol. The second kappa shape index (κ2) is 6.48. The number of ether oxygens (including phenoxy) is 1. The summed E-state index contributed by atoms with van der Waals surface area (Å²) < 4.78 is 4.43. The minimum atomic E-state index is -0.377. The van der Waals surface area contributed by atoms with E-state index in [9.17, 15) is 9.59 Å². The molecule has 0 heterocycles. The second-order valence-corrected chi connectivity index (χ2v) is 3.52. The Hall–Kier alpha value is -2.10. The molecule has 1 N–H and O–H groups in total. The van der Waals surface area contributed by atoms with Crippen LogP contribution < -0.4 is 5.32 Å². The van der Waals surface area contributed by atoms with Crippen LogP contribution in [0.15, 0.2) is 36.5 Å². The van der Waals surface area contributed by atoms with Gasteiger partial charge in [0, 0.05) is 17.8 Å². The lowest BCUT2D eigenvalue weighted by Crippen LogP contribution is -2.19. The highest BCUT2D eigenvalue weighted by molar-refractivity contribution is 6.04. The topological polar surface area (TPSA) is 55.4 Å². The molecule has 0 saturated carbocycles. The standard InChI is InChI=1S/C13H15NO3/c1-10-3-5-11(6-4-10)12(15)7-8-14-9-13(16)17-2/h3-8,14H,9H2,1-2H3. The lowest BCUT2D eigenvalue weighted by Gasteiger charge is -1.99. The van der Waals surface area contributed by atoms with Crippen molar-refractivity contribution in [2.75, 3.05) is 13.7 Å². The summed E-state index contributed by atoms with van der Waals surface area (Å²) in [6.45, 7) is 2.01. The van der Waals surface area contributed by atoms with Crippen LogP contribution in [0.3, 0.4) is 0 Å². The maximum atomic E-state index is 11.6. The van der Waals surface area contributed by atoms with E-state index in [0.717, 1.165) is 5.56 Å². The van der Waals surface area contributed by atoms with Crippen molar-refractivity contribution >= 4 is 11.8 Å². The Labute approximate surface area is 100 Å². The van der Waals surface area contributed by atoms with Gasteiger partial charge in [0.1, 0.15) is 6.54 Å². The first-order valence-electron chi connectivity index (χ1n) is 5.21. The number of nitrogens with one attached hydrogen (secondary N) is 1. The molecule has 0 amide bonds. The maximum Gasteiger partial charge on any atom is 0.325 e. The van der Waals surface area contributed by atoms with E-state index in [2.05, 4.69) is 10.1 Å². The van der Waals surface area contributed by atoms with Gasteiger partial charge in [0.25, 0.3) is 0 Å². The Kier molecular flexibility index (Phi) is 4.94. The smallest absolute Gasteiger partial charge is 0.325 e. The fraction of sp³-hybridized carbons (Fsp3) is 0.231. The van der Waals surface area contributed by atoms with Crippen LogP contribution in [0.2, 0.25) is 0 Å². The van der Waals surface area contributed by atoms with Crippen molar-refractivity contribution in [2.45, 2.75) is 6.92 Å². The Morgan fingerprint density at radius 2 is 1.94 bits per heavy atom. The van der Waals surface area contributed by atoms with Crippen molar-refractivity contribution in [3.63, 3.8) is 0 Å². The van der Waals surface area contributed by atoms with Crippen molar-refractivity contribution < 1.29 is 14.3 Å². The predicted molar refractivity (Wildman–Crippen MR) is 64.7 cm³/mol. The first-order chi connectivity index (χ1) is 8.13. The number of aryl methyl sites for hydroxylation is 1. The molecule has 17 heavy (non-hydrogen) atoms. The highest BCUT2D eigenvalue weighted by Gasteiger charge is 2.00. The van der Waals surface area contributed by atoms with E-state index >= 15 is 0 Å². The molecule has 90 valence electrons. The van der Waals surface area contributed by atoms with E-state index in [1.807, 2.05) is 19.1 Å². The molecule has 1 aromatic rings. The SMILES string of the molecule is COC(=O)CNC=CC(=O)c1ccc(C)cc1. The number of ketones is 1. The zero-order valence-corrected chi connectivity index (χ0v) is 9.90. The van der Waals surface area contributed by atoms with E-state index in [1.54, 1.807) is 12.1 Å². The molecule has 0 aliphatic carbocycles. The van der Waals surface area contributed by atoms with Crippen LogP contribution in [0.1, 0.15) is 15.9 Å². The number of hydrogen-bond acceptors (Lipinski definition) is 4. The molecular formula is C13H15NO3. The van der Waals surface area contributed by atoms with Gasteiger partial charge in [-0.25, -0.2) is 0 Å². The fourth-order valence-electron chi connectivity index (χ4n) is 1.16. The molecule has 0 aromatic heterocycles. The van der Waals surface area contributed by atoms with Crippen LogP contribution in [0.4, 0.5) is 0 Å². The Bertz CT molecular complexity index is 421. The maximum absolute atomic E-state index is 11.6. The normalized spacial score (nSPS) is 10.2. The van der Waals surface area contributed by atoms with Crippen LogP contribution in [-0.2, 0) is 9.53 Å². The molecule has 0 unspecified atom stereocenters. The van der Waals surface area contributed by atoms with Crippen molar-refractivity contribution in [3.05, 3.63) is 47.7 Å². The van der Waals surface area contributed by atoms with Gasteiger partial charge in [-0.1, -0.05) is 29.8 Å². The average Bonchev–Trinajstić information content (AvgIpc) is 2.34. The zero-order chi connectivity index (χ0) is 12.7. The van der Waals surface area contributed by atoms with Crippen LogP contribution in [0.25, 0.3) is 0 Å². The lowest BCUT2D eigenvalue weighted by molar-refractivity contribution is -0.139. The molecule has 0 fully saturated rings. The molecule has 0 bridgehead atoms. The van der Waals surface area contributed by atoms with Crippen LogP contribution in [-0.4, -0.2) is 25.4 Å². The fourth-order valence-corrected chi connectivity index (χ4v) is 1.16. The summed E-state index contributed by atoms with van der Waals surface area (Å²) >= 11 is 0. The second-order valence-electron chi connectivity index (χ2n) is 3.52. The van der Waals surface area contributed by atoms with Crippen molar-refractivity contribution in [2.24, 2.45) is 0 Å². The minimum absolute atomic E-state index is 0.0498. The number of methoxy groups -OCH3 is 1. The molecule has 0 radical (unpaired) electrons. The van der Waals surface area contributed by atoms with Crippen LogP contribution in [0, 0.1) is 6.92 Å². The number of carbonyl (C=O) groups is 2. The van der Waals surface area contributed by atoms with Gasteiger partial charge in [-0.15, -0.1) is 0 Å². The van der Waals surface area contributed by atoms with E-state index < -0.39 is 0 Å². The highest BCUT2D eigenvalue weighted by atomic mass is 16.5. The van der Waals surface area contributed by atoms with Crippen molar-refractivity contribution in [1.29, 1.82) is 0 Å². The molecule has 1 aromatic carbocycles. The number of hydrogen-bond donors (Lipinski definition) is 1. The van der Waals surface area contributed by atoms with E-state index in [0.29, 0.717) is 5.56 Å². The first-order valence-corrected chi connectivity index (χ1v) is 5.21. The number of rotatable bonds is 5. The van der Waals surface area contributed by atoms with Gasteiger partial charge in [0.2, 0.25) is 0 Å². The van der Waals surface area contributed by atoms with Gasteiger partial charge >= 0.3 is 5.97 Å². The molecular weight excluding hydrogens is 218 g/mol. The number of allylic oxidation sites excluding steroid dienone is 1. The third-order valence-corrected chi connectivity index (χ3v) is 2.16. The first kappa shape index (κ1) is 13.0. The highest BCUT2D eigenvalue weighted by Crippen LogP contribution is 2.04. The van der Waals surface area contributed by atoms with Crippen LogP contribution >= 0.6 is 0 Å². The Morgan fingerprint density at radius 1 is 1.29 bits per heavy atom. The third-order valence-electron chi connectivity index (χ3n) is 2.16. The molecule has 0 saturated heterocycles. The Balaban J connectivity index is 2.46. The molecule has 0 aliphatic heterocycles. The summed E-state index contributed by atoms with van der Waals surface area (Å²) in [4.78, 5) is 22.4.